The summed E-state index contributed by atoms with van der Waals surface area (Å²) in [6, 6.07) is 0. The van der Waals surface area contributed by atoms with E-state index in [2.05, 4.69) is 17.1 Å². The summed E-state index contributed by atoms with van der Waals surface area (Å²) < 4.78 is 0. The van der Waals surface area contributed by atoms with Crippen molar-refractivity contribution in [2.75, 3.05) is 32.7 Å². The highest BCUT2D eigenvalue weighted by molar-refractivity contribution is 4.81. The Morgan fingerprint density at radius 2 is 2.15 bits per heavy atom. The van der Waals surface area contributed by atoms with E-state index in [-0.39, 0.29) is 0 Å². The van der Waals surface area contributed by atoms with Crippen molar-refractivity contribution in [2.24, 2.45) is 11.8 Å². The van der Waals surface area contributed by atoms with Crippen LogP contribution >= 0.6 is 0 Å². The summed E-state index contributed by atoms with van der Waals surface area (Å²) in [7, 11) is 0. The third kappa shape index (κ3) is 2.96. The van der Waals surface area contributed by atoms with Gasteiger partial charge in [-0.2, -0.15) is 0 Å². The lowest BCUT2D eigenvalue weighted by molar-refractivity contribution is 0.239. The van der Waals surface area contributed by atoms with Crippen molar-refractivity contribution in [3.8, 4) is 0 Å². The van der Waals surface area contributed by atoms with E-state index in [0.717, 1.165) is 11.8 Å². The number of hydrogen-bond acceptors (Lipinski definition) is 2. The van der Waals surface area contributed by atoms with Gasteiger partial charge in [-0.25, -0.2) is 0 Å². The van der Waals surface area contributed by atoms with E-state index >= 15 is 0 Å². The maximum Gasteiger partial charge on any atom is 0.0107 e. The minimum atomic E-state index is 0.943. The van der Waals surface area contributed by atoms with Crippen LogP contribution in [0, 0.1) is 11.8 Å². The van der Waals surface area contributed by atoms with E-state index in [9.17, 15) is 0 Å². The van der Waals surface area contributed by atoms with Crippen LogP contribution in [0.25, 0.3) is 0 Å². The van der Waals surface area contributed by atoms with Crippen molar-refractivity contribution < 1.29 is 0 Å². The van der Waals surface area contributed by atoms with Gasteiger partial charge in [0.1, 0.15) is 0 Å². The van der Waals surface area contributed by atoms with Crippen molar-refractivity contribution in [3.63, 3.8) is 0 Å². The number of nitrogens with one attached hydrogen (secondary N) is 1. The Bertz CT molecular complexity index is 146. The summed E-state index contributed by atoms with van der Waals surface area (Å²) in [5, 5.41) is 3.45. The lowest BCUT2D eigenvalue weighted by Gasteiger charge is -2.23. The minimum absolute atomic E-state index is 0.943. The summed E-state index contributed by atoms with van der Waals surface area (Å²) in [6.07, 6.45) is 4.32. The molecule has 0 aromatic rings. The molecule has 2 fully saturated rings. The summed E-state index contributed by atoms with van der Waals surface area (Å²) in [6.45, 7) is 8.75. The highest BCUT2D eigenvalue weighted by atomic mass is 15.2. The molecule has 0 radical (unpaired) electrons. The minimum Gasteiger partial charge on any atom is -0.315 e. The summed E-state index contributed by atoms with van der Waals surface area (Å²) in [5.74, 6) is 2.01. The molecule has 1 heterocycles. The van der Waals surface area contributed by atoms with Crippen LogP contribution in [-0.2, 0) is 0 Å². The molecule has 2 aliphatic rings. The Kier molecular flexibility index (Phi) is 3.23. The average Bonchev–Trinajstić information content (AvgIpc) is 2.92. The Balaban J connectivity index is 1.71. The second kappa shape index (κ2) is 4.43. The SMILES string of the molecule is CC(CN1CCCNCC1)C1CC1. The van der Waals surface area contributed by atoms with Gasteiger partial charge in [-0.1, -0.05) is 6.92 Å². The predicted octanol–water partition coefficient (Wildman–Crippen LogP) is 1.33. The molecule has 1 saturated carbocycles. The van der Waals surface area contributed by atoms with Crippen LogP contribution in [-0.4, -0.2) is 37.6 Å². The number of hydrogen-bond donors (Lipinski definition) is 1. The monoisotopic (exact) mass is 182 g/mol. The van der Waals surface area contributed by atoms with E-state index in [1.165, 1.54) is 52.0 Å². The van der Waals surface area contributed by atoms with Gasteiger partial charge in [0.05, 0.1) is 0 Å². The normalized spacial score (nSPS) is 28.4. The van der Waals surface area contributed by atoms with Gasteiger partial charge in [-0.3, -0.25) is 0 Å². The lowest BCUT2D eigenvalue weighted by Crippen LogP contribution is -2.32. The first kappa shape index (κ1) is 9.47. The maximum atomic E-state index is 3.45. The predicted molar refractivity (Wildman–Crippen MR) is 55.8 cm³/mol. The van der Waals surface area contributed by atoms with Crippen molar-refractivity contribution in [1.29, 1.82) is 0 Å². The first-order valence-corrected chi connectivity index (χ1v) is 5.79. The number of rotatable bonds is 3. The Morgan fingerprint density at radius 1 is 1.31 bits per heavy atom. The Hall–Kier alpha value is -0.0800. The van der Waals surface area contributed by atoms with E-state index < -0.39 is 0 Å². The molecule has 2 heteroatoms. The standard InChI is InChI=1S/C11H22N2/c1-10(11-3-4-11)9-13-7-2-5-12-6-8-13/h10-12H,2-9H2,1H3. The van der Waals surface area contributed by atoms with Crippen LogP contribution in [0.3, 0.4) is 0 Å². The second-order valence-corrected chi connectivity index (χ2v) is 4.72. The third-order valence-electron chi connectivity index (χ3n) is 3.41. The summed E-state index contributed by atoms with van der Waals surface area (Å²) >= 11 is 0. The zero-order valence-corrected chi connectivity index (χ0v) is 8.76. The zero-order chi connectivity index (χ0) is 9.10. The van der Waals surface area contributed by atoms with Gasteiger partial charge in [0, 0.05) is 19.6 Å². The highest BCUT2D eigenvalue weighted by Crippen LogP contribution is 2.36. The molecule has 1 N–H and O–H groups in total. The van der Waals surface area contributed by atoms with Gasteiger partial charge in [0.25, 0.3) is 0 Å². The molecule has 1 saturated heterocycles. The van der Waals surface area contributed by atoms with Crippen LogP contribution in [0.15, 0.2) is 0 Å². The van der Waals surface area contributed by atoms with Crippen molar-refractivity contribution in [2.45, 2.75) is 26.2 Å². The fourth-order valence-corrected chi connectivity index (χ4v) is 2.31. The molecule has 1 atom stereocenters. The summed E-state index contributed by atoms with van der Waals surface area (Å²) in [4.78, 5) is 2.64. The van der Waals surface area contributed by atoms with Crippen LogP contribution in [0.4, 0.5) is 0 Å². The molecule has 1 aliphatic carbocycles. The quantitative estimate of drug-likeness (QED) is 0.708. The second-order valence-electron chi connectivity index (χ2n) is 4.72. The van der Waals surface area contributed by atoms with Crippen LogP contribution in [0.2, 0.25) is 0 Å². The average molecular weight is 182 g/mol. The molecular weight excluding hydrogens is 160 g/mol. The smallest absolute Gasteiger partial charge is 0.0107 e. The maximum absolute atomic E-state index is 3.45. The molecule has 1 unspecified atom stereocenters. The van der Waals surface area contributed by atoms with Gasteiger partial charge in [-0.15, -0.1) is 0 Å². The molecule has 0 bridgehead atoms. The summed E-state index contributed by atoms with van der Waals surface area (Å²) in [5.41, 5.74) is 0. The van der Waals surface area contributed by atoms with Gasteiger partial charge in [-0.05, 0) is 44.2 Å². The van der Waals surface area contributed by atoms with E-state index in [0.29, 0.717) is 0 Å². The van der Waals surface area contributed by atoms with Crippen molar-refractivity contribution >= 4 is 0 Å². The Labute approximate surface area is 81.7 Å². The molecule has 0 aromatic carbocycles. The fourth-order valence-electron chi connectivity index (χ4n) is 2.31. The molecule has 0 spiro atoms. The molecule has 2 nitrogen and oxygen atoms in total. The first-order valence-electron chi connectivity index (χ1n) is 5.79. The molecule has 1 aliphatic heterocycles. The molecular formula is C11H22N2. The van der Waals surface area contributed by atoms with Gasteiger partial charge in [0.2, 0.25) is 0 Å². The van der Waals surface area contributed by atoms with Gasteiger partial charge in [0.15, 0.2) is 0 Å². The van der Waals surface area contributed by atoms with Crippen molar-refractivity contribution in [3.05, 3.63) is 0 Å². The number of nitrogens with zero attached hydrogens (tertiary/aromatic N) is 1. The highest BCUT2D eigenvalue weighted by Gasteiger charge is 2.28. The molecule has 2 rings (SSSR count). The van der Waals surface area contributed by atoms with E-state index in [4.69, 9.17) is 0 Å². The third-order valence-corrected chi connectivity index (χ3v) is 3.41. The Morgan fingerprint density at radius 3 is 2.92 bits per heavy atom. The zero-order valence-electron chi connectivity index (χ0n) is 8.76. The molecule has 13 heavy (non-hydrogen) atoms. The van der Waals surface area contributed by atoms with Gasteiger partial charge < -0.3 is 10.2 Å². The molecule has 0 amide bonds. The van der Waals surface area contributed by atoms with E-state index in [1.54, 1.807) is 0 Å². The van der Waals surface area contributed by atoms with Crippen LogP contribution in [0.1, 0.15) is 26.2 Å². The largest absolute Gasteiger partial charge is 0.315 e. The van der Waals surface area contributed by atoms with Crippen molar-refractivity contribution in [1.82, 2.24) is 10.2 Å². The molecule has 76 valence electrons. The molecule has 0 aromatic heterocycles. The topological polar surface area (TPSA) is 15.3 Å². The van der Waals surface area contributed by atoms with E-state index in [1.807, 2.05) is 0 Å². The fraction of sp³-hybridized carbons (Fsp3) is 1.00. The van der Waals surface area contributed by atoms with Crippen LogP contribution in [0.5, 0.6) is 0 Å². The van der Waals surface area contributed by atoms with Crippen LogP contribution < -0.4 is 5.32 Å². The lowest BCUT2D eigenvalue weighted by atomic mass is 10.1. The van der Waals surface area contributed by atoms with Gasteiger partial charge >= 0.3 is 0 Å². The first-order chi connectivity index (χ1) is 6.36.